The molecule has 0 radical (unpaired) electrons. The minimum absolute atomic E-state index is 0.230. The van der Waals surface area contributed by atoms with Crippen molar-refractivity contribution in [2.75, 3.05) is 6.79 Å². The molecule has 1 amide bonds. The summed E-state index contributed by atoms with van der Waals surface area (Å²) >= 11 is 0. The lowest BCUT2D eigenvalue weighted by atomic mass is 9.87. The number of Topliss-reactive ketones (excluding diaryl/α,β-unsaturated/α-hetero) is 1. The van der Waals surface area contributed by atoms with Crippen LogP contribution in [0.3, 0.4) is 0 Å². The first-order valence-electron chi connectivity index (χ1n) is 10.4. The van der Waals surface area contributed by atoms with E-state index in [1.807, 2.05) is 49.4 Å². The number of carbonyl (C=O) groups excluding carboxylic acids is 2. The van der Waals surface area contributed by atoms with Crippen LogP contribution in [0.2, 0.25) is 0 Å². The molecule has 1 fully saturated rings. The van der Waals surface area contributed by atoms with E-state index in [0.29, 0.717) is 12.0 Å². The van der Waals surface area contributed by atoms with E-state index in [1.165, 1.54) is 0 Å². The maximum absolute atomic E-state index is 13.3. The molecular weight excluding hydrogens is 390 g/mol. The van der Waals surface area contributed by atoms with Gasteiger partial charge in [-0.05, 0) is 71.8 Å². The summed E-state index contributed by atoms with van der Waals surface area (Å²) in [5.41, 5.74) is 10.5. The molecule has 3 aromatic carbocycles. The van der Waals surface area contributed by atoms with Gasteiger partial charge in [0.25, 0.3) is 0 Å². The summed E-state index contributed by atoms with van der Waals surface area (Å²) in [6.45, 7) is 2.25. The second-order valence-corrected chi connectivity index (χ2v) is 8.34. The Bertz CT molecular complexity index is 1210. The number of nitrogens with two attached hydrogens (primary N) is 1. The molecule has 3 aromatic rings. The first-order valence-corrected chi connectivity index (χ1v) is 10.4. The van der Waals surface area contributed by atoms with Crippen LogP contribution in [0.1, 0.15) is 39.9 Å². The number of benzene rings is 3. The van der Waals surface area contributed by atoms with Crippen molar-refractivity contribution >= 4 is 11.7 Å². The van der Waals surface area contributed by atoms with Gasteiger partial charge in [-0.1, -0.05) is 36.4 Å². The van der Waals surface area contributed by atoms with Crippen molar-refractivity contribution < 1.29 is 19.1 Å². The van der Waals surface area contributed by atoms with E-state index >= 15 is 0 Å². The number of ether oxygens (including phenoxy) is 2. The fourth-order valence-electron chi connectivity index (χ4n) is 4.40. The minimum Gasteiger partial charge on any atom is -0.454 e. The molecule has 1 heterocycles. The number of aryl methyl sites for hydroxylation is 1. The Morgan fingerprint density at radius 1 is 0.968 bits per heavy atom. The van der Waals surface area contributed by atoms with Crippen LogP contribution in [0.25, 0.3) is 11.1 Å². The molecule has 5 nitrogen and oxygen atoms in total. The number of rotatable bonds is 6. The Labute approximate surface area is 180 Å². The standard InChI is InChI=1S/C26H23NO4/c1-16-11-17(5-7-21(16)18-3-2-4-19(13-18)25(27)29)12-24(28)26(9-10-26)20-6-8-22-23(14-20)31-15-30-22/h2-8,11,13-14H,9-10,12,15H2,1H3,(H2,27,29). The van der Waals surface area contributed by atoms with Gasteiger partial charge in [-0.3, -0.25) is 9.59 Å². The van der Waals surface area contributed by atoms with E-state index in [-0.39, 0.29) is 12.6 Å². The van der Waals surface area contributed by atoms with Crippen molar-refractivity contribution in [3.63, 3.8) is 0 Å². The highest BCUT2D eigenvalue weighted by molar-refractivity contribution is 5.95. The van der Waals surface area contributed by atoms with Crippen molar-refractivity contribution in [3.05, 3.63) is 82.9 Å². The largest absolute Gasteiger partial charge is 0.454 e. The van der Waals surface area contributed by atoms with Gasteiger partial charge in [0, 0.05) is 12.0 Å². The predicted molar refractivity (Wildman–Crippen MR) is 117 cm³/mol. The second-order valence-electron chi connectivity index (χ2n) is 8.34. The zero-order valence-electron chi connectivity index (χ0n) is 17.3. The molecule has 2 N–H and O–H groups in total. The van der Waals surface area contributed by atoms with Crippen LogP contribution in [0.5, 0.6) is 11.5 Å². The van der Waals surface area contributed by atoms with Gasteiger partial charge in [-0.15, -0.1) is 0 Å². The average molecular weight is 413 g/mol. The average Bonchev–Trinajstić information content (AvgIpc) is 3.45. The monoisotopic (exact) mass is 413 g/mol. The van der Waals surface area contributed by atoms with E-state index in [4.69, 9.17) is 15.2 Å². The fraction of sp³-hybridized carbons (Fsp3) is 0.231. The lowest BCUT2D eigenvalue weighted by Gasteiger charge is -2.16. The first-order chi connectivity index (χ1) is 15.0. The molecule has 1 aliphatic carbocycles. The van der Waals surface area contributed by atoms with E-state index in [2.05, 4.69) is 6.07 Å². The van der Waals surface area contributed by atoms with E-state index in [0.717, 1.165) is 52.2 Å². The molecular formula is C26H23NO4. The molecule has 1 aliphatic heterocycles. The Hall–Kier alpha value is -3.60. The van der Waals surface area contributed by atoms with Gasteiger partial charge in [0.1, 0.15) is 5.78 Å². The molecule has 2 aliphatic rings. The number of carbonyl (C=O) groups is 2. The molecule has 1 saturated carbocycles. The van der Waals surface area contributed by atoms with Gasteiger partial charge >= 0.3 is 0 Å². The molecule has 5 heteroatoms. The van der Waals surface area contributed by atoms with Crippen LogP contribution < -0.4 is 15.2 Å². The molecule has 0 aromatic heterocycles. The summed E-state index contributed by atoms with van der Waals surface area (Å²) in [5, 5.41) is 0. The van der Waals surface area contributed by atoms with Crippen molar-refractivity contribution in [2.24, 2.45) is 5.73 Å². The Balaban J connectivity index is 1.37. The van der Waals surface area contributed by atoms with Crippen LogP contribution in [-0.2, 0) is 16.6 Å². The first kappa shape index (κ1) is 19.4. The summed E-state index contributed by atoms with van der Waals surface area (Å²) in [5.74, 6) is 1.24. The smallest absolute Gasteiger partial charge is 0.248 e. The number of hydrogen-bond donors (Lipinski definition) is 1. The highest BCUT2D eigenvalue weighted by atomic mass is 16.7. The Morgan fingerprint density at radius 3 is 2.52 bits per heavy atom. The third-order valence-corrected chi connectivity index (χ3v) is 6.32. The van der Waals surface area contributed by atoms with Crippen LogP contribution in [0.4, 0.5) is 0 Å². The number of fused-ring (bicyclic) bond motifs is 1. The van der Waals surface area contributed by atoms with Gasteiger partial charge in [0.15, 0.2) is 11.5 Å². The molecule has 5 rings (SSSR count). The highest BCUT2D eigenvalue weighted by Crippen LogP contribution is 2.51. The second kappa shape index (κ2) is 7.27. The predicted octanol–water partition coefficient (Wildman–Crippen LogP) is 4.33. The molecule has 0 unspecified atom stereocenters. The van der Waals surface area contributed by atoms with Crippen molar-refractivity contribution in [1.29, 1.82) is 0 Å². The quantitative estimate of drug-likeness (QED) is 0.652. The highest BCUT2D eigenvalue weighted by Gasteiger charge is 2.50. The minimum atomic E-state index is -0.444. The van der Waals surface area contributed by atoms with Crippen molar-refractivity contribution in [2.45, 2.75) is 31.6 Å². The summed E-state index contributed by atoms with van der Waals surface area (Å²) in [6.07, 6.45) is 2.11. The summed E-state index contributed by atoms with van der Waals surface area (Å²) in [4.78, 5) is 24.8. The zero-order valence-corrected chi connectivity index (χ0v) is 17.3. The number of ketones is 1. The SMILES string of the molecule is Cc1cc(CC(=O)C2(c3ccc4c(c3)OCO4)CC2)ccc1-c1cccc(C(N)=O)c1. The Morgan fingerprint density at radius 2 is 1.77 bits per heavy atom. The number of amides is 1. The van der Waals surface area contributed by atoms with E-state index in [9.17, 15) is 9.59 Å². The van der Waals surface area contributed by atoms with Gasteiger partial charge in [0.2, 0.25) is 12.7 Å². The van der Waals surface area contributed by atoms with Crippen LogP contribution >= 0.6 is 0 Å². The maximum Gasteiger partial charge on any atom is 0.248 e. The molecule has 0 atom stereocenters. The summed E-state index contributed by atoms with van der Waals surface area (Å²) in [7, 11) is 0. The summed E-state index contributed by atoms with van der Waals surface area (Å²) in [6, 6.07) is 19.2. The third-order valence-electron chi connectivity index (χ3n) is 6.32. The number of primary amides is 1. The van der Waals surface area contributed by atoms with Gasteiger partial charge in [0.05, 0.1) is 5.41 Å². The fourth-order valence-corrected chi connectivity index (χ4v) is 4.40. The lowest BCUT2D eigenvalue weighted by Crippen LogP contribution is -2.22. The van der Waals surface area contributed by atoms with Gasteiger partial charge in [-0.2, -0.15) is 0 Å². The Kier molecular flexibility index (Phi) is 4.54. The molecule has 156 valence electrons. The van der Waals surface area contributed by atoms with Crippen molar-refractivity contribution in [1.82, 2.24) is 0 Å². The lowest BCUT2D eigenvalue weighted by molar-refractivity contribution is -0.120. The van der Waals surface area contributed by atoms with Gasteiger partial charge < -0.3 is 15.2 Å². The van der Waals surface area contributed by atoms with Crippen LogP contribution in [0.15, 0.2) is 60.7 Å². The zero-order chi connectivity index (χ0) is 21.6. The van der Waals surface area contributed by atoms with Crippen LogP contribution in [-0.4, -0.2) is 18.5 Å². The molecule has 0 bridgehead atoms. The topological polar surface area (TPSA) is 78.6 Å². The van der Waals surface area contributed by atoms with Crippen LogP contribution in [0, 0.1) is 6.92 Å². The van der Waals surface area contributed by atoms with Gasteiger partial charge in [-0.25, -0.2) is 0 Å². The summed E-state index contributed by atoms with van der Waals surface area (Å²) < 4.78 is 10.9. The molecule has 0 saturated heterocycles. The molecule has 0 spiro atoms. The van der Waals surface area contributed by atoms with E-state index in [1.54, 1.807) is 12.1 Å². The number of hydrogen-bond acceptors (Lipinski definition) is 4. The normalized spacial score (nSPS) is 15.5. The van der Waals surface area contributed by atoms with Crippen molar-refractivity contribution in [3.8, 4) is 22.6 Å². The molecule has 31 heavy (non-hydrogen) atoms. The third kappa shape index (κ3) is 3.46. The van der Waals surface area contributed by atoms with E-state index < -0.39 is 11.3 Å². The maximum atomic E-state index is 13.3.